The van der Waals surface area contributed by atoms with E-state index in [9.17, 15) is 9.59 Å². The second kappa shape index (κ2) is 8.69. The minimum atomic E-state index is -0.408. The number of hydrogen-bond donors (Lipinski definition) is 0. The van der Waals surface area contributed by atoms with Gasteiger partial charge in [-0.25, -0.2) is 4.98 Å². The molecule has 1 unspecified atom stereocenters. The first-order valence-electron chi connectivity index (χ1n) is 11.7. The molecule has 0 saturated carbocycles. The Labute approximate surface area is 203 Å². The molecule has 5 nitrogen and oxygen atoms in total. The lowest BCUT2D eigenvalue weighted by molar-refractivity contribution is -0.119. The SMILES string of the molecule is O=C1C(Cc2nc3ccccc3n2C(=O)c2ccccc2)c2ccccc2N1Cc1ccccc1. The summed E-state index contributed by atoms with van der Waals surface area (Å²) in [6.45, 7) is 0.506. The Bertz CT molecular complexity index is 1540. The number of carbonyl (C=O) groups is 2. The van der Waals surface area contributed by atoms with Crippen LogP contribution in [-0.4, -0.2) is 21.4 Å². The highest BCUT2D eigenvalue weighted by atomic mass is 16.2. The number of amides is 1. The van der Waals surface area contributed by atoms with Crippen LogP contribution in [0.1, 0.15) is 33.2 Å². The summed E-state index contributed by atoms with van der Waals surface area (Å²) < 4.78 is 1.67. The molecule has 1 atom stereocenters. The normalized spacial score (nSPS) is 14.9. The van der Waals surface area contributed by atoms with Gasteiger partial charge in [-0.3, -0.25) is 14.2 Å². The van der Waals surface area contributed by atoms with E-state index in [-0.39, 0.29) is 11.8 Å². The average molecular weight is 458 g/mol. The molecule has 1 aliphatic heterocycles. The van der Waals surface area contributed by atoms with Crippen LogP contribution in [0, 0.1) is 0 Å². The van der Waals surface area contributed by atoms with Crippen molar-refractivity contribution < 1.29 is 9.59 Å². The van der Waals surface area contributed by atoms with Crippen LogP contribution < -0.4 is 4.90 Å². The van der Waals surface area contributed by atoms with E-state index in [0.29, 0.717) is 24.4 Å². The third-order valence-electron chi connectivity index (χ3n) is 6.59. The number of anilines is 1. The van der Waals surface area contributed by atoms with Crippen LogP contribution >= 0.6 is 0 Å². The number of carbonyl (C=O) groups excluding carboxylic acids is 2. The molecule has 0 fully saturated rings. The molecule has 0 N–H and O–H groups in total. The lowest BCUT2D eigenvalue weighted by atomic mass is 9.97. The molecule has 170 valence electrons. The van der Waals surface area contributed by atoms with E-state index in [0.717, 1.165) is 27.8 Å². The van der Waals surface area contributed by atoms with Crippen LogP contribution in [0.4, 0.5) is 5.69 Å². The fourth-order valence-corrected chi connectivity index (χ4v) is 4.93. The van der Waals surface area contributed by atoms with Crippen LogP contribution in [0.25, 0.3) is 11.0 Å². The highest BCUT2D eigenvalue weighted by Crippen LogP contribution is 2.40. The lowest BCUT2D eigenvalue weighted by Gasteiger charge is -2.18. The standard InChI is InChI=1S/C30H23N3O2/c34-29(22-13-5-2-6-14-22)33-27-18-10-8-16-25(27)31-28(33)19-24-23-15-7-9-17-26(23)32(30(24)35)20-21-11-3-1-4-12-21/h1-18,24H,19-20H2. The van der Waals surface area contributed by atoms with Crippen molar-refractivity contribution >= 4 is 28.5 Å². The number of rotatable bonds is 5. The quantitative estimate of drug-likeness (QED) is 0.345. The molecule has 0 saturated heterocycles. The van der Waals surface area contributed by atoms with Gasteiger partial charge in [0.25, 0.3) is 5.91 Å². The smallest absolute Gasteiger partial charge is 0.263 e. The predicted molar refractivity (Wildman–Crippen MR) is 136 cm³/mol. The summed E-state index contributed by atoms with van der Waals surface area (Å²) in [5.41, 5.74) is 5.04. The zero-order valence-corrected chi connectivity index (χ0v) is 19.0. The van der Waals surface area contributed by atoms with Crippen LogP contribution in [-0.2, 0) is 17.8 Å². The van der Waals surface area contributed by atoms with Crippen LogP contribution in [0.15, 0.2) is 109 Å². The van der Waals surface area contributed by atoms with Crippen molar-refractivity contribution in [1.29, 1.82) is 0 Å². The minimum Gasteiger partial charge on any atom is -0.307 e. The Morgan fingerprint density at radius 1 is 0.771 bits per heavy atom. The molecule has 1 aromatic heterocycles. The summed E-state index contributed by atoms with van der Waals surface area (Å²) in [6, 6.07) is 34.7. The van der Waals surface area contributed by atoms with Gasteiger partial charge in [-0.2, -0.15) is 0 Å². The summed E-state index contributed by atoms with van der Waals surface area (Å²) in [4.78, 5) is 34.0. The van der Waals surface area contributed by atoms with Gasteiger partial charge in [-0.05, 0) is 41.5 Å². The van der Waals surface area contributed by atoms with E-state index in [1.54, 1.807) is 16.7 Å². The fraction of sp³-hybridized carbons (Fsp3) is 0.100. The van der Waals surface area contributed by atoms with Crippen LogP contribution in [0.5, 0.6) is 0 Å². The number of imidazole rings is 1. The van der Waals surface area contributed by atoms with Gasteiger partial charge in [0.05, 0.1) is 23.5 Å². The Kier molecular flexibility index (Phi) is 5.23. The molecule has 0 spiro atoms. The first-order valence-corrected chi connectivity index (χ1v) is 11.7. The van der Waals surface area contributed by atoms with Crippen molar-refractivity contribution in [2.24, 2.45) is 0 Å². The number of para-hydroxylation sites is 3. The Balaban J connectivity index is 1.41. The molecule has 6 rings (SSSR count). The molecule has 2 heterocycles. The van der Waals surface area contributed by atoms with E-state index in [1.807, 2.05) is 102 Å². The van der Waals surface area contributed by atoms with Gasteiger partial charge in [-0.1, -0.05) is 78.9 Å². The Morgan fingerprint density at radius 3 is 2.23 bits per heavy atom. The van der Waals surface area contributed by atoms with Gasteiger partial charge >= 0.3 is 0 Å². The van der Waals surface area contributed by atoms with Crippen molar-refractivity contribution in [3.8, 4) is 0 Å². The van der Waals surface area contributed by atoms with Crippen molar-refractivity contribution in [3.05, 3.63) is 132 Å². The fourth-order valence-electron chi connectivity index (χ4n) is 4.93. The molecular weight excluding hydrogens is 434 g/mol. The first kappa shape index (κ1) is 21.1. The number of nitrogens with zero attached hydrogens (tertiary/aromatic N) is 3. The molecule has 5 heteroatoms. The topological polar surface area (TPSA) is 55.2 Å². The minimum absolute atomic E-state index is 0.0285. The third-order valence-corrected chi connectivity index (χ3v) is 6.59. The zero-order valence-electron chi connectivity index (χ0n) is 19.0. The number of fused-ring (bicyclic) bond motifs is 2. The zero-order chi connectivity index (χ0) is 23.8. The molecule has 1 amide bonds. The van der Waals surface area contributed by atoms with Crippen molar-refractivity contribution in [1.82, 2.24) is 9.55 Å². The molecule has 35 heavy (non-hydrogen) atoms. The molecular formula is C30H23N3O2. The number of hydrogen-bond acceptors (Lipinski definition) is 3. The van der Waals surface area contributed by atoms with Gasteiger partial charge < -0.3 is 4.90 Å². The van der Waals surface area contributed by atoms with E-state index >= 15 is 0 Å². The maximum absolute atomic E-state index is 13.7. The lowest BCUT2D eigenvalue weighted by Crippen LogP contribution is -2.29. The Hall–Kier alpha value is -4.51. The van der Waals surface area contributed by atoms with Crippen LogP contribution in [0.3, 0.4) is 0 Å². The van der Waals surface area contributed by atoms with Crippen molar-refractivity contribution in [3.63, 3.8) is 0 Å². The van der Waals surface area contributed by atoms with Gasteiger partial charge in [0.1, 0.15) is 5.82 Å². The van der Waals surface area contributed by atoms with Gasteiger partial charge in [0, 0.05) is 17.7 Å². The summed E-state index contributed by atoms with van der Waals surface area (Å²) in [6.07, 6.45) is 0.342. The van der Waals surface area contributed by atoms with Crippen LogP contribution in [0.2, 0.25) is 0 Å². The maximum atomic E-state index is 13.7. The monoisotopic (exact) mass is 457 g/mol. The van der Waals surface area contributed by atoms with Crippen molar-refractivity contribution in [2.45, 2.75) is 18.9 Å². The molecule has 5 aromatic rings. The van der Waals surface area contributed by atoms with Gasteiger partial charge in [0.15, 0.2) is 0 Å². The Morgan fingerprint density at radius 2 is 1.43 bits per heavy atom. The summed E-state index contributed by atoms with van der Waals surface area (Å²) in [5, 5.41) is 0. The molecule has 1 aliphatic rings. The third kappa shape index (κ3) is 3.71. The second-order valence-electron chi connectivity index (χ2n) is 8.75. The van der Waals surface area contributed by atoms with Crippen molar-refractivity contribution in [2.75, 3.05) is 4.90 Å². The van der Waals surface area contributed by atoms with E-state index in [4.69, 9.17) is 4.98 Å². The molecule has 0 radical (unpaired) electrons. The summed E-state index contributed by atoms with van der Waals surface area (Å²) >= 11 is 0. The highest BCUT2D eigenvalue weighted by molar-refractivity contribution is 6.05. The maximum Gasteiger partial charge on any atom is 0.263 e. The largest absolute Gasteiger partial charge is 0.307 e. The highest BCUT2D eigenvalue weighted by Gasteiger charge is 2.38. The first-order chi connectivity index (χ1) is 17.2. The second-order valence-corrected chi connectivity index (χ2v) is 8.75. The predicted octanol–water partition coefficient (Wildman–Crippen LogP) is 5.60. The molecule has 4 aromatic carbocycles. The molecule has 0 aliphatic carbocycles. The van der Waals surface area contributed by atoms with Gasteiger partial charge in [-0.15, -0.1) is 0 Å². The van der Waals surface area contributed by atoms with E-state index < -0.39 is 5.92 Å². The summed E-state index contributed by atoms with van der Waals surface area (Å²) in [5.74, 6) is 0.0683. The number of aromatic nitrogens is 2. The van der Waals surface area contributed by atoms with E-state index in [2.05, 4.69) is 0 Å². The number of benzene rings is 4. The molecule has 0 bridgehead atoms. The van der Waals surface area contributed by atoms with Gasteiger partial charge in [0.2, 0.25) is 5.91 Å². The average Bonchev–Trinajstić information content (AvgIpc) is 3.40. The summed E-state index contributed by atoms with van der Waals surface area (Å²) in [7, 11) is 0. The van der Waals surface area contributed by atoms with E-state index in [1.165, 1.54) is 0 Å².